The molecule has 15 heavy (non-hydrogen) atoms. The Morgan fingerprint density at radius 1 is 1.07 bits per heavy atom. The van der Waals surface area contributed by atoms with Gasteiger partial charge >= 0.3 is 0 Å². The molecule has 1 amide bonds. The lowest BCUT2D eigenvalue weighted by atomic mass is 10.1. The van der Waals surface area contributed by atoms with Crippen LogP contribution in [0, 0.1) is 0 Å². The van der Waals surface area contributed by atoms with Gasteiger partial charge in [0, 0.05) is 19.9 Å². The van der Waals surface area contributed by atoms with Gasteiger partial charge in [0.25, 0.3) is 0 Å². The van der Waals surface area contributed by atoms with Crippen molar-refractivity contribution in [3.63, 3.8) is 0 Å². The Hall–Kier alpha value is -1.64. The molecule has 0 aliphatic rings. The summed E-state index contributed by atoms with van der Waals surface area (Å²) in [5.41, 5.74) is 2.05. The van der Waals surface area contributed by atoms with Crippen LogP contribution in [-0.4, -0.2) is 11.7 Å². The monoisotopic (exact) mass is 205 g/mol. The van der Waals surface area contributed by atoms with E-state index in [9.17, 15) is 9.59 Å². The molecule has 0 aromatic heterocycles. The second-order valence-electron chi connectivity index (χ2n) is 3.61. The van der Waals surface area contributed by atoms with Crippen molar-refractivity contribution in [3.05, 3.63) is 35.4 Å². The van der Waals surface area contributed by atoms with Crippen LogP contribution < -0.4 is 5.32 Å². The summed E-state index contributed by atoms with van der Waals surface area (Å²) in [4.78, 5) is 21.5. The van der Waals surface area contributed by atoms with Crippen LogP contribution in [0.4, 0.5) is 0 Å². The zero-order chi connectivity index (χ0) is 11.3. The Labute approximate surface area is 89.5 Å². The normalized spacial score (nSPS) is 9.73. The van der Waals surface area contributed by atoms with Crippen LogP contribution in [0.15, 0.2) is 24.3 Å². The highest BCUT2D eigenvalue weighted by Gasteiger charge is 1.98. The lowest BCUT2D eigenvalue weighted by Gasteiger charge is -2.03. The first-order chi connectivity index (χ1) is 7.08. The van der Waals surface area contributed by atoms with Crippen molar-refractivity contribution in [1.29, 1.82) is 0 Å². The van der Waals surface area contributed by atoms with Crippen LogP contribution in [-0.2, 0) is 22.6 Å². The van der Waals surface area contributed by atoms with E-state index in [2.05, 4.69) is 5.32 Å². The van der Waals surface area contributed by atoms with E-state index < -0.39 is 0 Å². The molecule has 1 N–H and O–H groups in total. The number of Topliss-reactive ketones (excluding diaryl/α,β-unsaturated/α-hetero) is 1. The lowest BCUT2D eigenvalue weighted by molar-refractivity contribution is -0.119. The van der Waals surface area contributed by atoms with Gasteiger partial charge in [-0.25, -0.2) is 0 Å². The molecule has 1 aromatic rings. The first-order valence-electron chi connectivity index (χ1n) is 4.89. The highest BCUT2D eigenvalue weighted by atomic mass is 16.1. The summed E-state index contributed by atoms with van der Waals surface area (Å²) in [5.74, 6) is 0.118. The van der Waals surface area contributed by atoms with Crippen LogP contribution in [0.1, 0.15) is 25.0 Å². The van der Waals surface area contributed by atoms with Crippen molar-refractivity contribution in [3.8, 4) is 0 Å². The molecule has 0 heterocycles. The smallest absolute Gasteiger partial charge is 0.217 e. The molecule has 0 saturated carbocycles. The first kappa shape index (κ1) is 11.4. The van der Waals surface area contributed by atoms with Gasteiger partial charge in [-0.1, -0.05) is 24.3 Å². The Morgan fingerprint density at radius 3 is 2.07 bits per heavy atom. The maximum absolute atomic E-state index is 10.9. The number of hydrogen-bond donors (Lipinski definition) is 1. The Balaban J connectivity index is 2.56. The third-order valence-corrected chi connectivity index (χ3v) is 2.02. The second kappa shape index (κ2) is 5.29. The maximum atomic E-state index is 10.9. The van der Waals surface area contributed by atoms with Gasteiger partial charge in [0.05, 0.1) is 0 Å². The minimum atomic E-state index is -0.0391. The van der Waals surface area contributed by atoms with Crippen molar-refractivity contribution >= 4 is 11.7 Å². The quantitative estimate of drug-likeness (QED) is 0.808. The van der Waals surface area contributed by atoms with Crippen molar-refractivity contribution in [2.24, 2.45) is 0 Å². The molecule has 1 aromatic carbocycles. The molecule has 0 spiro atoms. The van der Waals surface area contributed by atoms with E-state index in [1.807, 2.05) is 24.3 Å². The van der Waals surface area contributed by atoms with Crippen LogP contribution in [0.3, 0.4) is 0 Å². The summed E-state index contributed by atoms with van der Waals surface area (Å²) in [7, 11) is 0. The van der Waals surface area contributed by atoms with E-state index in [1.54, 1.807) is 6.92 Å². The molecule has 0 radical (unpaired) electrons. The number of nitrogens with one attached hydrogen (secondary N) is 1. The molecule has 0 fully saturated rings. The van der Waals surface area contributed by atoms with Gasteiger partial charge in [-0.15, -0.1) is 0 Å². The minimum absolute atomic E-state index is 0.0391. The topological polar surface area (TPSA) is 46.2 Å². The van der Waals surface area contributed by atoms with Crippen LogP contribution in [0.5, 0.6) is 0 Å². The fourth-order valence-electron chi connectivity index (χ4n) is 1.29. The third-order valence-electron chi connectivity index (χ3n) is 2.02. The van der Waals surface area contributed by atoms with E-state index in [4.69, 9.17) is 0 Å². The standard InChI is InChI=1S/C12H15NO2/c1-9(14)7-11-3-5-12(6-4-11)8-13-10(2)15/h3-6H,7-8H2,1-2H3,(H,13,15). The molecular formula is C12H15NO2. The third kappa shape index (κ3) is 4.40. The summed E-state index contributed by atoms with van der Waals surface area (Å²) >= 11 is 0. The number of benzene rings is 1. The minimum Gasteiger partial charge on any atom is -0.352 e. The molecule has 80 valence electrons. The number of carbonyl (C=O) groups excluding carboxylic acids is 2. The van der Waals surface area contributed by atoms with Crippen LogP contribution in [0.2, 0.25) is 0 Å². The van der Waals surface area contributed by atoms with Gasteiger partial charge in [0.1, 0.15) is 5.78 Å². The van der Waals surface area contributed by atoms with Gasteiger partial charge in [0.2, 0.25) is 5.91 Å². The highest BCUT2D eigenvalue weighted by molar-refractivity contribution is 5.78. The average Bonchev–Trinajstić information content (AvgIpc) is 2.16. The number of carbonyl (C=O) groups is 2. The van der Waals surface area contributed by atoms with Gasteiger partial charge in [-0.2, -0.15) is 0 Å². The number of ketones is 1. The predicted molar refractivity (Wildman–Crippen MR) is 58.3 cm³/mol. The molecule has 0 aliphatic carbocycles. The maximum Gasteiger partial charge on any atom is 0.217 e. The SMILES string of the molecule is CC(=O)Cc1ccc(CNC(C)=O)cc1. The summed E-state index contributed by atoms with van der Waals surface area (Å²) in [6.45, 7) is 3.60. The molecular weight excluding hydrogens is 190 g/mol. The highest BCUT2D eigenvalue weighted by Crippen LogP contribution is 2.05. The van der Waals surface area contributed by atoms with Gasteiger partial charge in [-0.05, 0) is 18.1 Å². The molecule has 1 rings (SSSR count). The zero-order valence-corrected chi connectivity index (χ0v) is 9.04. The lowest BCUT2D eigenvalue weighted by Crippen LogP contribution is -2.18. The Bertz CT molecular complexity index is 354. The molecule has 0 unspecified atom stereocenters. The van der Waals surface area contributed by atoms with Crippen molar-refractivity contribution < 1.29 is 9.59 Å². The van der Waals surface area contributed by atoms with Crippen LogP contribution in [0.25, 0.3) is 0 Å². The molecule has 3 heteroatoms. The fourth-order valence-corrected chi connectivity index (χ4v) is 1.29. The van der Waals surface area contributed by atoms with E-state index in [0.29, 0.717) is 13.0 Å². The predicted octanol–water partition coefficient (Wildman–Crippen LogP) is 1.45. The molecule has 0 aliphatic heterocycles. The van der Waals surface area contributed by atoms with Gasteiger partial charge in [0.15, 0.2) is 0 Å². The van der Waals surface area contributed by atoms with E-state index in [1.165, 1.54) is 6.92 Å². The van der Waals surface area contributed by atoms with E-state index >= 15 is 0 Å². The summed E-state index contributed by atoms with van der Waals surface area (Å²) in [5, 5.41) is 2.72. The molecule has 0 atom stereocenters. The molecule has 3 nitrogen and oxygen atoms in total. The number of rotatable bonds is 4. The summed E-state index contributed by atoms with van der Waals surface area (Å²) in [6, 6.07) is 7.68. The van der Waals surface area contributed by atoms with Crippen LogP contribution >= 0.6 is 0 Å². The van der Waals surface area contributed by atoms with Crippen molar-refractivity contribution in [2.45, 2.75) is 26.8 Å². The first-order valence-corrected chi connectivity index (χ1v) is 4.89. The Kier molecular flexibility index (Phi) is 4.03. The summed E-state index contributed by atoms with van der Waals surface area (Å²) < 4.78 is 0. The molecule has 0 saturated heterocycles. The fraction of sp³-hybridized carbons (Fsp3) is 0.333. The average molecular weight is 205 g/mol. The van der Waals surface area contributed by atoms with Gasteiger partial charge < -0.3 is 5.32 Å². The van der Waals surface area contributed by atoms with E-state index in [-0.39, 0.29) is 11.7 Å². The van der Waals surface area contributed by atoms with Gasteiger partial charge in [-0.3, -0.25) is 9.59 Å². The summed E-state index contributed by atoms with van der Waals surface area (Å²) in [6.07, 6.45) is 0.473. The number of hydrogen-bond acceptors (Lipinski definition) is 2. The number of amides is 1. The van der Waals surface area contributed by atoms with E-state index in [0.717, 1.165) is 11.1 Å². The van der Waals surface area contributed by atoms with Crippen molar-refractivity contribution in [1.82, 2.24) is 5.32 Å². The Morgan fingerprint density at radius 2 is 1.60 bits per heavy atom. The zero-order valence-electron chi connectivity index (χ0n) is 9.04. The van der Waals surface area contributed by atoms with Crippen molar-refractivity contribution in [2.75, 3.05) is 0 Å². The largest absolute Gasteiger partial charge is 0.352 e. The molecule has 0 bridgehead atoms. The second-order valence-corrected chi connectivity index (χ2v) is 3.61.